The monoisotopic (exact) mass is 335 g/mol. The summed E-state index contributed by atoms with van der Waals surface area (Å²) in [5, 5.41) is 2.35. The van der Waals surface area contributed by atoms with Gasteiger partial charge in [-0.15, -0.1) is 11.8 Å². The van der Waals surface area contributed by atoms with Gasteiger partial charge >= 0.3 is 11.9 Å². The predicted molar refractivity (Wildman–Crippen MR) is 90.5 cm³/mol. The second-order valence-corrected chi connectivity index (χ2v) is 7.03. The molecule has 0 saturated heterocycles. The Morgan fingerprint density at radius 3 is 2.30 bits per heavy atom. The van der Waals surface area contributed by atoms with Crippen LogP contribution in [-0.2, 0) is 25.5 Å². The van der Waals surface area contributed by atoms with Gasteiger partial charge in [-0.1, -0.05) is 32.0 Å². The molecule has 2 aromatic rings. The van der Waals surface area contributed by atoms with Gasteiger partial charge in [0.05, 0.1) is 19.2 Å². The molecule has 1 N–H and O–H groups in total. The van der Waals surface area contributed by atoms with E-state index < -0.39 is 17.9 Å². The molecule has 1 aromatic carbocycles. The molecular formula is C17H21NO4S. The Morgan fingerprint density at radius 2 is 1.74 bits per heavy atom. The highest BCUT2D eigenvalue weighted by Gasteiger charge is 2.31. The number of hydrogen-bond acceptors (Lipinski definition) is 5. The van der Waals surface area contributed by atoms with Gasteiger partial charge in [0, 0.05) is 16.2 Å². The molecule has 1 aromatic heterocycles. The van der Waals surface area contributed by atoms with Crippen LogP contribution in [0.2, 0.25) is 0 Å². The van der Waals surface area contributed by atoms with Crippen molar-refractivity contribution >= 4 is 34.6 Å². The van der Waals surface area contributed by atoms with E-state index in [0.717, 1.165) is 21.5 Å². The highest BCUT2D eigenvalue weighted by Crippen LogP contribution is 2.34. The number of H-pyrrole nitrogens is 1. The Kier molecular flexibility index (Phi) is 5.71. The van der Waals surface area contributed by atoms with Crippen molar-refractivity contribution in [2.45, 2.75) is 30.5 Å². The molecule has 124 valence electrons. The fraction of sp³-hybridized carbons (Fsp3) is 0.412. The molecule has 0 bridgehead atoms. The van der Waals surface area contributed by atoms with Crippen molar-refractivity contribution in [3.05, 3.63) is 29.8 Å². The van der Waals surface area contributed by atoms with E-state index >= 15 is 0 Å². The number of esters is 2. The number of nitrogens with one attached hydrogen (secondary N) is 1. The summed E-state index contributed by atoms with van der Waals surface area (Å²) in [4.78, 5) is 27.3. The zero-order chi connectivity index (χ0) is 17.0. The molecule has 0 aliphatic heterocycles. The third-order valence-corrected chi connectivity index (χ3v) is 4.56. The molecule has 0 saturated carbocycles. The minimum absolute atomic E-state index is 0.248. The highest BCUT2D eigenvalue weighted by atomic mass is 32.2. The minimum Gasteiger partial charge on any atom is -0.468 e. The molecule has 0 spiro atoms. The third-order valence-electron chi connectivity index (χ3n) is 3.51. The van der Waals surface area contributed by atoms with Gasteiger partial charge in [-0.05, 0) is 18.1 Å². The van der Waals surface area contributed by atoms with Crippen LogP contribution in [0.3, 0.4) is 0 Å². The van der Waals surface area contributed by atoms with Crippen molar-refractivity contribution in [1.29, 1.82) is 0 Å². The predicted octanol–water partition coefficient (Wildman–Crippen LogP) is 3.17. The first kappa shape index (κ1) is 17.4. The smallest absolute Gasteiger partial charge is 0.320 e. The topological polar surface area (TPSA) is 68.4 Å². The number of carbonyl (C=O) groups excluding carboxylic acids is 2. The lowest BCUT2D eigenvalue weighted by Crippen LogP contribution is -2.28. The summed E-state index contributed by atoms with van der Waals surface area (Å²) in [5.74, 6) is -2.12. The molecule has 0 atom stereocenters. The molecule has 2 rings (SSSR count). The Labute approximate surface area is 139 Å². The maximum absolute atomic E-state index is 12.0. The number of para-hydroxylation sites is 1. The molecule has 0 unspecified atom stereocenters. The number of methoxy groups -OCH3 is 2. The molecule has 6 heteroatoms. The summed E-state index contributed by atoms with van der Waals surface area (Å²) in [7, 11) is 2.55. The van der Waals surface area contributed by atoms with E-state index in [1.54, 1.807) is 11.8 Å². The molecule has 0 radical (unpaired) electrons. The molecular weight excluding hydrogens is 314 g/mol. The van der Waals surface area contributed by atoms with E-state index in [-0.39, 0.29) is 6.42 Å². The SMILES string of the molecule is COC(=O)C(Cc1c(SC(C)C)[nH]c2ccccc12)C(=O)OC. The third kappa shape index (κ3) is 3.88. The molecule has 0 amide bonds. The fourth-order valence-electron chi connectivity index (χ4n) is 2.47. The summed E-state index contributed by atoms with van der Waals surface area (Å²) in [6, 6.07) is 7.85. The summed E-state index contributed by atoms with van der Waals surface area (Å²) < 4.78 is 9.52. The minimum atomic E-state index is -0.962. The summed E-state index contributed by atoms with van der Waals surface area (Å²) in [5.41, 5.74) is 1.93. The largest absolute Gasteiger partial charge is 0.468 e. The molecule has 23 heavy (non-hydrogen) atoms. The first-order chi connectivity index (χ1) is 11.0. The Balaban J connectivity index is 2.46. The van der Waals surface area contributed by atoms with E-state index in [9.17, 15) is 9.59 Å². The van der Waals surface area contributed by atoms with Gasteiger partial charge in [0.15, 0.2) is 5.92 Å². The second kappa shape index (κ2) is 7.55. The molecule has 5 nitrogen and oxygen atoms in total. The molecule has 1 heterocycles. The van der Waals surface area contributed by atoms with Crippen LogP contribution in [0.5, 0.6) is 0 Å². The lowest BCUT2D eigenvalue weighted by atomic mass is 9.99. The van der Waals surface area contributed by atoms with E-state index in [1.807, 2.05) is 24.3 Å². The van der Waals surface area contributed by atoms with Crippen molar-refractivity contribution < 1.29 is 19.1 Å². The quantitative estimate of drug-likeness (QED) is 0.499. The average Bonchev–Trinajstić information content (AvgIpc) is 2.87. The summed E-state index contributed by atoms with van der Waals surface area (Å²) >= 11 is 1.67. The second-order valence-electron chi connectivity index (χ2n) is 5.45. The van der Waals surface area contributed by atoms with Gasteiger partial charge in [0.25, 0.3) is 0 Å². The lowest BCUT2D eigenvalue weighted by Gasteiger charge is -2.13. The number of thioether (sulfide) groups is 1. The average molecular weight is 335 g/mol. The number of benzene rings is 1. The van der Waals surface area contributed by atoms with Crippen LogP contribution in [0, 0.1) is 5.92 Å². The number of aromatic nitrogens is 1. The Morgan fingerprint density at radius 1 is 1.13 bits per heavy atom. The van der Waals surface area contributed by atoms with Crippen molar-refractivity contribution in [1.82, 2.24) is 4.98 Å². The van der Waals surface area contributed by atoms with E-state index in [1.165, 1.54) is 14.2 Å². The van der Waals surface area contributed by atoms with E-state index in [2.05, 4.69) is 18.8 Å². The van der Waals surface area contributed by atoms with Crippen molar-refractivity contribution in [3.8, 4) is 0 Å². The summed E-state index contributed by atoms with van der Waals surface area (Å²) in [6.45, 7) is 4.19. The van der Waals surface area contributed by atoms with Crippen LogP contribution in [0.1, 0.15) is 19.4 Å². The van der Waals surface area contributed by atoms with E-state index in [4.69, 9.17) is 9.47 Å². The normalized spacial score (nSPS) is 11.2. The van der Waals surface area contributed by atoms with Crippen molar-refractivity contribution in [2.75, 3.05) is 14.2 Å². The van der Waals surface area contributed by atoms with Crippen molar-refractivity contribution in [2.24, 2.45) is 5.92 Å². The van der Waals surface area contributed by atoms with Crippen LogP contribution in [-0.4, -0.2) is 36.4 Å². The zero-order valence-electron chi connectivity index (χ0n) is 13.7. The number of fused-ring (bicyclic) bond motifs is 1. The summed E-state index contributed by atoms with van der Waals surface area (Å²) in [6.07, 6.45) is 0.248. The van der Waals surface area contributed by atoms with Gasteiger partial charge in [-0.3, -0.25) is 9.59 Å². The molecule has 0 aliphatic rings. The van der Waals surface area contributed by atoms with Crippen LogP contribution in [0.4, 0.5) is 0 Å². The van der Waals surface area contributed by atoms with Gasteiger partial charge < -0.3 is 14.5 Å². The van der Waals surface area contributed by atoms with Crippen LogP contribution < -0.4 is 0 Å². The van der Waals surface area contributed by atoms with E-state index in [0.29, 0.717) is 5.25 Å². The van der Waals surface area contributed by atoms with Crippen molar-refractivity contribution in [3.63, 3.8) is 0 Å². The van der Waals surface area contributed by atoms with Gasteiger partial charge in [-0.2, -0.15) is 0 Å². The Bertz CT molecular complexity index is 692. The number of carbonyl (C=O) groups is 2. The van der Waals surface area contributed by atoms with Crippen LogP contribution in [0.25, 0.3) is 10.9 Å². The number of rotatable bonds is 6. The number of hydrogen-bond donors (Lipinski definition) is 1. The van der Waals surface area contributed by atoms with Gasteiger partial charge in [-0.25, -0.2) is 0 Å². The maximum Gasteiger partial charge on any atom is 0.320 e. The first-order valence-electron chi connectivity index (χ1n) is 7.39. The zero-order valence-corrected chi connectivity index (χ0v) is 14.5. The number of aromatic amines is 1. The molecule has 0 fully saturated rings. The Hall–Kier alpha value is -1.95. The maximum atomic E-state index is 12.0. The van der Waals surface area contributed by atoms with Gasteiger partial charge in [0.2, 0.25) is 0 Å². The van der Waals surface area contributed by atoms with Crippen LogP contribution >= 0.6 is 11.8 Å². The standard InChI is InChI=1S/C17H21NO4S/c1-10(2)23-15-12(11-7-5-6-8-14(11)18-15)9-13(16(19)21-3)17(20)22-4/h5-8,10,13,18H,9H2,1-4H3. The van der Waals surface area contributed by atoms with Crippen LogP contribution in [0.15, 0.2) is 29.3 Å². The molecule has 0 aliphatic carbocycles. The first-order valence-corrected chi connectivity index (χ1v) is 8.27. The van der Waals surface area contributed by atoms with Gasteiger partial charge in [0.1, 0.15) is 0 Å². The lowest BCUT2D eigenvalue weighted by molar-refractivity contribution is -0.158. The highest BCUT2D eigenvalue weighted by molar-refractivity contribution is 7.99. The number of ether oxygens (including phenoxy) is 2. The fourth-order valence-corrected chi connectivity index (χ4v) is 3.44.